The standard InChI is InChI=1S/C24H27N5O2/c1-16-8-5-6-13-28(16)15-20-25-22-21(23(30)26-24(31)27(22)2)29(20)14-18-11-7-10-17-9-3-4-12-19(17)18/h3-4,7,9-12,16H,5-6,8,13-15H2,1-2H3,(H,26,30,31)/t16-/m1/s1. The minimum atomic E-state index is -0.440. The summed E-state index contributed by atoms with van der Waals surface area (Å²) in [4.78, 5) is 34.7. The molecular formula is C24H27N5O2. The van der Waals surface area contributed by atoms with Crippen LogP contribution in [0.4, 0.5) is 0 Å². The molecule has 4 aromatic rings. The number of aromatic nitrogens is 4. The molecule has 0 spiro atoms. The minimum absolute atomic E-state index is 0.385. The summed E-state index contributed by atoms with van der Waals surface area (Å²) in [6.45, 7) is 4.46. The zero-order chi connectivity index (χ0) is 21.5. The maximum atomic E-state index is 12.9. The molecule has 31 heavy (non-hydrogen) atoms. The van der Waals surface area contributed by atoms with Crippen molar-refractivity contribution in [1.29, 1.82) is 0 Å². The molecule has 1 atom stereocenters. The van der Waals surface area contributed by atoms with Crippen molar-refractivity contribution in [2.24, 2.45) is 7.05 Å². The summed E-state index contributed by atoms with van der Waals surface area (Å²) in [6, 6.07) is 15.0. The Morgan fingerprint density at radius 2 is 1.87 bits per heavy atom. The highest BCUT2D eigenvalue weighted by Crippen LogP contribution is 2.24. The van der Waals surface area contributed by atoms with Gasteiger partial charge in [-0.05, 0) is 42.6 Å². The molecule has 1 aliphatic rings. The topological polar surface area (TPSA) is 75.9 Å². The largest absolute Gasteiger partial charge is 0.329 e. The number of benzene rings is 2. The Morgan fingerprint density at radius 3 is 2.71 bits per heavy atom. The first-order chi connectivity index (χ1) is 15.0. The van der Waals surface area contributed by atoms with Crippen LogP contribution in [0.5, 0.6) is 0 Å². The van der Waals surface area contributed by atoms with E-state index in [0.29, 0.717) is 30.3 Å². The number of nitrogens with one attached hydrogen (secondary N) is 1. The van der Waals surface area contributed by atoms with Crippen LogP contribution in [0.25, 0.3) is 21.9 Å². The van der Waals surface area contributed by atoms with Crippen molar-refractivity contribution < 1.29 is 0 Å². The number of nitrogens with zero attached hydrogens (tertiary/aromatic N) is 4. The summed E-state index contributed by atoms with van der Waals surface area (Å²) in [5.41, 5.74) is 1.19. The van der Waals surface area contributed by atoms with Crippen molar-refractivity contribution in [2.75, 3.05) is 6.54 Å². The van der Waals surface area contributed by atoms with Crippen molar-refractivity contribution in [2.45, 2.75) is 45.3 Å². The van der Waals surface area contributed by atoms with Crippen LogP contribution in [0.1, 0.15) is 37.6 Å². The fraction of sp³-hybridized carbons (Fsp3) is 0.375. The van der Waals surface area contributed by atoms with Crippen LogP contribution in [0.15, 0.2) is 52.1 Å². The van der Waals surface area contributed by atoms with E-state index < -0.39 is 5.69 Å². The Bertz CT molecular complexity index is 1380. The number of aryl methyl sites for hydroxylation is 1. The van der Waals surface area contributed by atoms with Crippen molar-refractivity contribution in [3.05, 3.63) is 74.7 Å². The maximum Gasteiger partial charge on any atom is 0.329 e. The third-order valence-corrected chi connectivity index (χ3v) is 6.58. The Morgan fingerprint density at radius 1 is 1.06 bits per heavy atom. The van der Waals surface area contributed by atoms with Gasteiger partial charge in [-0.2, -0.15) is 0 Å². The van der Waals surface area contributed by atoms with Crippen LogP contribution in [-0.2, 0) is 20.1 Å². The molecule has 0 saturated carbocycles. The second-order valence-electron chi connectivity index (χ2n) is 8.56. The zero-order valence-electron chi connectivity index (χ0n) is 18.0. The normalized spacial score (nSPS) is 17.5. The molecule has 5 rings (SSSR count). The smallest absolute Gasteiger partial charge is 0.317 e. The Hall–Kier alpha value is -3.19. The highest BCUT2D eigenvalue weighted by atomic mass is 16.2. The van der Waals surface area contributed by atoms with E-state index in [1.165, 1.54) is 23.8 Å². The summed E-state index contributed by atoms with van der Waals surface area (Å²) < 4.78 is 3.43. The van der Waals surface area contributed by atoms with E-state index in [1.54, 1.807) is 7.05 Å². The molecule has 2 aromatic heterocycles. The fourth-order valence-corrected chi connectivity index (χ4v) is 4.75. The van der Waals surface area contributed by atoms with Crippen molar-refractivity contribution in [3.63, 3.8) is 0 Å². The summed E-state index contributed by atoms with van der Waals surface area (Å²) in [7, 11) is 1.66. The van der Waals surface area contributed by atoms with Crippen LogP contribution in [-0.4, -0.2) is 36.6 Å². The van der Waals surface area contributed by atoms with Crippen molar-refractivity contribution >= 4 is 21.9 Å². The third kappa shape index (κ3) is 3.49. The summed E-state index contributed by atoms with van der Waals surface area (Å²) >= 11 is 0. The molecular weight excluding hydrogens is 390 g/mol. The van der Waals surface area contributed by atoms with Crippen LogP contribution in [0, 0.1) is 0 Å². The van der Waals surface area contributed by atoms with Gasteiger partial charge < -0.3 is 4.57 Å². The van der Waals surface area contributed by atoms with E-state index >= 15 is 0 Å². The monoisotopic (exact) mass is 417 g/mol. The summed E-state index contributed by atoms with van der Waals surface area (Å²) in [5, 5.41) is 2.32. The number of aromatic amines is 1. The number of piperidine rings is 1. The molecule has 0 unspecified atom stereocenters. The summed E-state index contributed by atoms with van der Waals surface area (Å²) in [6.07, 6.45) is 3.59. The van der Waals surface area contributed by atoms with Gasteiger partial charge in [-0.1, -0.05) is 48.9 Å². The average Bonchev–Trinajstić information content (AvgIpc) is 3.12. The maximum absolute atomic E-state index is 12.9. The van der Waals surface area contributed by atoms with Gasteiger partial charge in [-0.3, -0.25) is 19.2 Å². The molecule has 160 valence electrons. The predicted octanol–water partition coefficient (Wildman–Crippen LogP) is 3.00. The fourth-order valence-electron chi connectivity index (χ4n) is 4.75. The van der Waals surface area contributed by atoms with Crippen LogP contribution in [0.2, 0.25) is 0 Å². The molecule has 1 aliphatic heterocycles. The molecule has 7 heteroatoms. The lowest BCUT2D eigenvalue weighted by atomic mass is 10.0. The van der Waals surface area contributed by atoms with Crippen molar-refractivity contribution in [3.8, 4) is 0 Å². The highest BCUT2D eigenvalue weighted by molar-refractivity contribution is 5.85. The zero-order valence-corrected chi connectivity index (χ0v) is 18.0. The van der Waals surface area contributed by atoms with Gasteiger partial charge in [-0.15, -0.1) is 0 Å². The molecule has 0 aliphatic carbocycles. The lowest BCUT2D eigenvalue weighted by Gasteiger charge is -2.33. The molecule has 2 aromatic carbocycles. The molecule has 1 saturated heterocycles. The number of likely N-dealkylation sites (tertiary alicyclic amines) is 1. The lowest BCUT2D eigenvalue weighted by Crippen LogP contribution is -2.37. The Kier molecular flexibility index (Phi) is 4.98. The first-order valence-electron chi connectivity index (χ1n) is 10.9. The average molecular weight is 418 g/mol. The third-order valence-electron chi connectivity index (χ3n) is 6.58. The first-order valence-corrected chi connectivity index (χ1v) is 10.9. The lowest BCUT2D eigenvalue weighted by molar-refractivity contribution is 0.147. The molecule has 1 fully saturated rings. The number of imidazole rings is 1. The molecule has 0 amide bonds. The highest BCUT2D eigenvalue weighted by Gasteiger charge is 2.23. The second-order valence-corrected chi connectivity index (χ2v) is 8.56. The van der Waals surface area contributed by atoms with E-state index in [4.69, 9.17) is 4.98 Å². The number of rotatable bonds is 4. The molecule has 7 nitrogen and oxygen atoms in total. The Labute approximate surface area is 180 Å². The van der Waals surface area contributed by atoms with Crippen LogP contribution in [0.3, 0.4) is 0 Å². The van der Waals surface area contributed by atoms with Gasteiger partial charge in [0, 0.05) is 13.1 Å². The van der Waals surface area contributed by atoms with Crippen molar-refractivity contribution in [1.82, 2.24) is 24.0 Å². The van der Waals surface area contributed by atoms with Gasteiger partial charge in [0.15, 0.2) is 11.2 Å². The van der Waals surface area contributed by atoms with E-state index in [-0.39, 0.29) is 5.56 Å². The Balaban J connectivity index is 1.68. The van der Waals surface area contributed by atoms with E-state index in [0.717, 1.165) is 28.7 Å². The number of hydrogen-bond acceptors (Lipinski definition) is 4. The second kappa shape index (κ2) is 7.81. The SMILES string of the molecule is C[C@@H]1CCCCN1Cc1nc2c(c(=O)[nH]c(=O)n2C)n1Cc1cccc2ccccc12. The molecule has 1 N–H and O–H groups in total. The molecule has 0 radical (unpaired) electrons. The molecule has 3 heterocycles. The molecule has 0 bridgehead atoms. The van der Waals surface area contributed by atoms with E-state index in [1.807, 2.05) is 22.8 Å². The van der Waals surface area contributed by atoms with Gasteiger partial charge in [0.25, 0.3) is 5.56 Å². The van der Waals surface area contributed by atoms with E-state index in [2.05, 4.69) is 41.1 Å². The minimum Gasteiger partial charge on any atom is -0.317 e. The number of H-pyrrole nitrogens is 1. The first kappa shape index (κ1) is 19.8. The van der Waals surface area contributed by atoms with Gasteiger partial charge in [-0.25, -0.2) is 9.78 Å². The van der Waals surface area contributed by atoms with Gasteiger partial charge in [0.05, 0.1) is 13.1 Å². The van der Waals surface area contributed by atoms with Crippen LogP contribution < -0.4 is 11.2 Å². The van der Waals surface area contributed by atoms with E-state index in [9.17, 15) is 9.59 Å². The van der Waals surface area contributed by atoms with Gasteiger partial charge in [0.1, 0.15) is 5.82 Å². The number of hydrogen-bond donors (Lipinski definition) is 1. The predicted molar refractivity (Wildman–Crippen MR) is 122 cm³/mol. The van der Waals surface area contributed by atoms with Gasteiger partial charge >= 0.3 is 5.69 Å². The van der Waals surface area contributed by atoms with Gasteiger partial charge in [0.2, 0.25) is 0 Å². The quantitative estimate of drug-likeness (QED) is 0.554. The number of fused-ring (bicyclic) bond motifs is 2. The summed E-state index contributed by atoms with van der Waals surface area (Å²) in [5.74, 6) is 0.823. The van der Waals surface area contributed by atoms with Crippen LogP contribution >= 0.6 is 0 Å².